The monoisotopic (exact) mass is 155 g/mol. The van der Waals surface area contributed by atoms with Gasteiger partial charge in [0.25, 0.3) is 0 Å². The number of fused-ring (bicyclic) bond motifs is 1. The molecule has 0 aromatic rings. The lowest BCUT2D eigenvalue weighted by Crippen LogP contribution is -2.38. The van der Waals surface area contributed by atoms with Crippen LogP contribution in [0.5, 0.6) is 0 Å². The van der Waals surface area contributed by atoms with E-state index in [0.717, 1.165) is 19.4 Å². The number of ether oxygens (including phenoxy) is 1. The van der Waals surface area contributed by atoms with Crippen LogP contribution in [0, 0.1) is 5.92 Å². The molecule has 0 radical (unpaired) electrons. The highest BCUT2D eigenvalue weighted by atomic mass is 16.5. The smallest absolute Gasteiger partial charge is 0.326 e. The van der Waals surface area contributed by atoms with Gasteiger partial charge in [0.2, 0.25) is 0 Å². The molecule has 1 N–H and O–H groups in total. The molecule has 1 aliphatic heterocycles. The molecule has 1 saturated heterocycles. The van der Waals surface area contributed by atoms with Gasteiger partial charge in [-0.2, -0.15) is 0 Å². The first-order valence-electron chi connectivity index (χ1n) is 4.22. The number of hydrogen-bond acceptors (Lipinski definition) is 3. The molecule has 0 unspecified atom stereocenters. The predicted molar refractivity (Wildman–Crippen MR) is 40.1 cm³/mol. The summed E-state index contributed by atoms with van der Waals surface area (Å²) in [4.78, 5) is 11.3. The summed E-state index contributed by atoms with van der Waals surface area (Å²) in [6.45, 7) is 3.32. The van der Waals surface area contributed by atoms with Gasteiger partial charge in [-0.25, -0.2) is 0 Å². The fourth-order valence-corrected chi connectivity index (χ4v) is 1.95. The maximum absolute atomic E-state index is 11.3. The standard InChI is InChI=1S/C8H13NO2/c1-2-11-7(10)8-5-6(8)3-4-9-8/h6,9H,2-5H2,1H3/t6-,8+/m1/s1. The average Bonchev–Trinajstić information content (AvgIpc) is 2.57. The molecule has 1 aliphatic carbocycles. The Kier molecular flexibility index (Phi) is 1.42. The van der Waals surface area contributed by atoms with Crippen LogP contribution in [0.3, 0.4) is 0 Å². The number of nitrogens with one attached hydrogen (secondary N) is 1. The van der Waals surface area contributed by atoms with Crippen LogP contribution in [0.4, 0.5) is 0 Å². The molecule has 2 fully saturated rings. The molecular formula is C8H13NO2. The van der Waals surface area contributed by atoms with Gasteiger partial charge in [0.1, 0.15) is 5.54 Å². The topological polar surface area (TPSA) is 38.3 Å². The molecule has 0 aromatic heterocycles. The summed E-state index contributed by atoms with van der Waals surface area (Å²) >= 11 is 0. The summed E-state index contributed by atoms with van der Waals surface area (Å²) in [5.74, 6) is 0.532. The number of carbonyl (C=O) groups is 1. The van der Waals surface area contributed by atoms with Crippen LogP contribution in [0.1, 0.15) is 19.8 Å². The van der Waals surface area contributed by atoms with Gasteiger partial charge in [-0.3, -0.25) is 4.79 Å². The molecule has 11 heavy (non-hydrogen) atoms. The Morgan fingerprint density at radius 3 is 3.09 bits per heavy atom. The number of hydrogen-bond donors (Lipinski definition) is 1. The molecule has 3 nitrogen and oxygen atoms in total. The minimum atomic E-state index is -0.240. The van der Waals surface area contributed by atoms with Crippen LogP contribution >= 0.6 is 0 Å². The third-order valence-corrected chi connectivity index (χ3v) is 2.68. The van der Waals surface area contributed by atoms with Crippen molar-refractivity contribution < 1.29 is 9.53 Å². The Hall–Kier alpha value is -0.570. The van der Waals surface area contributed by atoms with Crippen LogP contribution < -0.4 is 5.32 Å². The fraction of sp³-hybridized carbons (Fsp3) is 0.875. The van der Waals surface area contributed by atoms with Crippen molar-refractivity contribution in [3.63, 3.8) is 0 Å². The zero-order chi connectivity index (χ0) is 7.90. The van der Waals surface area contributed by atoms with Gasteiger partial charge < -0.3 is 10.1 Å². The number of esters is 1. The predicted octanol–water partition coefficient (Wildman–Crippen LogP) is 0.301. The third kappa shape index (κ3) is 0.872. The van der Waals surface area contributed by atoms with Gasteiger partial charge in [-0.05, 0) is 32.2 Å². The fourth-order valence-electron chi connectivity index (χ4n) is 1.95. The van der Waals surface area contributed by atoms with Crippen molar-refractivity contribution in [1.82, 2.24) is 5.32 Å². The van der Waals surface area contributed by atoms with E-state index in [4.69, 9.17) is 4.74 Å². The molecule has 62 valence electrons. The maximum atomic E-state index is 11.3. The van der Waals surface area contributed by atoms with Crippen molar-refractivity contribution in [2.75, 3.05) is 13.2 Å². The van der Waals surface area contributed by atoms with Gasteiger partial charge in [-0.15, -0.1) is 0 Å². The van der Waals surface area contributed by atoms with E-state index in [1.165, 1.54) is 0 Å². The molecule has 2 rings (SSSR count). The minimum Gasteiger partial charge on any atom is -0.465 e. The second-order valence-corrected chi connectivity index (χ2v) is 3.31. The lowest BCUT2D eigenvalue weighted by atomic mass is 10.2. The highest BCUT2D eigenvalue weighted by molar-refractivity contribution is 5.85. The average molecular weight is 155 g/mol. The summed E-state index contributed by atoms with van der Waals surface area (Å²) < 4.78 is 4.97. The molecule has 2 aliphatic rings. The first-order chi connectivity index (χ1) is 5.29. The van der Waals surface area contributed by atoms with E-state index in [-0.39, 0.29) is 11.5 Å². The molecule has 1 saturated carbocycles. The largest absolute Gasteiger partial charge is 0.465 e. The molecule has 0 amide bonds. The van der Waals surface area contributed by atoms with E-state index in [2.05, 4.69) is 5.32 Å². The van der Waals surface area contributed by atoms with E-state index < -0.39 is 0 Å². The lowest BCUT2D eigenvalue weighted by molar-refractivity contribution is -0.146. The van der Waals surface area contributed by atoms with E-state index in [1.54, 1.807) is 0 Å². The molecular weight excluding hydrogens is 142 g/mol. The summed E-state index contributed by atoms with van der Waals surface area (Å²) in [7, 11) is 0. The van der Waals surface area contributed by atoms with Crippen molar-refractivity contribution in [1.29, 1.82) is 0 Å². The van der Waals surface area contributed by atoms with Gasteiger partial charge in [0.05, 0.1) is 6.61 Å². The lowest BCUT2D eigenvalue weighted by Gasteiger charge is -2.10. The molecule has 0 bridgehead atoms. The number of carbonyl (C=O) groups excluding carboxylic acids is 1. The SMILES string of the molecule is CCOC(=O)[C@]12C[C@H]1CCN2. The van der Waals surface area contributed by atoms with Gasteiger partial charge in [-0.1, -0.05) is 0 Å². The Morgan fingerprint density at radius 2 is 2.64 bits per heavy atom. The third-order valence-electron chi connectivity index (χ3n) is 2.68. The first kappa shape index (κ1) is 7.10. The number of rotatable bonds is 2. The van der Waals surface area contributed by atoms with E-state index in [9.17, 15) is 4.79 Å². The normalized spacial score (nSPS) is 39.9. The van der Waals surface area contributed by atoms with Crippen molar-refractivity contribution in [3.8, 4) is 0 Å². The maximum Gasteiger partial charge on any atom is 0.326 e. The summed E-state index contributed by atoms with van der Waals surface area (Å²) in [5, 5.41) is 3.22. The van der Waals surface area contributed by atoms with E-state index in [1.807, 2.05) is 6.92 Å². The van der Waals surface area contributed by atoms with Crippen LogP contribution in [-0.2, 0) is 9.53 Å². The Balaban J connectivity index is 1.99. The summed E-state index contributed by atoms with van der Waals surface area (Å²) in [6, 6.07) is 0. The molecule has 1 heterocycles. The molecule has 0 spiro atoms. The van der Waals surface area contributed by atoms with Crippen molar-refractivity contribution in [2.24, 2.45) is 5.92 Å². The second-order valence-electron chi connectivity index (χ2n) is 3.31. The van der Waals surface area contributed by atoms with Gasteiger partial charge >= 0.3 is 5.97 Å². The van der Waals surface area contributed by atoms with Crippen LogP contribution in [-0.4, -0.2) is 24.7 Å². The summed E-state index contributed by atoms with van der Waals surface area (Å²) in [5.41, 5.74) is -0.240. The minimum absolute atomic E-state index is 0.0394. The van der Waals surface area contributed by atoms with Crippen LogP contribution in [0.15, 0.2) is 0 Å². The highest BCUT2D eigenvalue weighted by Crippen LogP contribution is 2.50. The van der Waals surface area contributed by atoms with Gasteiger partial charge in [0.15, 0.2) is 0 Å². The first-order valence-corrected chi connectivity index (χ1v) is 4.22. The van der Waals surface area contributed by atoms with Crippen LogP contribution in [0.25, 0.3) is 0 Å². The number of piperidine rings is 1. The van der Waals surface area contributed by atoms with Crippen LogP contribution in [0.2, 0.25) is 0 Å². The molecule has 3 heteroatoms. The summed E-state index contributed by atoms with van der Waals surface area (Å²) in [6.07, 6.45) is 2.13. The highest BCUT2D eigenvalue weighted by Gasteiger charge is 2.63. The van der Waals surface area contributed by atoms with Gasteiger partial charge in [0, 0.05) is 0 Å². The zero-order valence-electron chi connectivity index (χ0n) is 6.72. The second kappa shape index (κ2) is 2.21. The zero-order valence-corrected chi connectivity index (χ0v) is 6.72. The van der Waals surface area contributed by atoms with E-state index >= 15 is 0 Å². The van der Waals surface area contributed by atoms with Crippen molar-refractivity contribution in [2.45, 2.75) is 25.3 Å². The van der Waals surface area contributed by atoms with Crippen molar-refractivity contribution >= 4 is 5.97 Å². The molecule has 2 atom stereocenters. The molecule has 0 aromatic carbocycles. The Morgan fingerprint density at radius 1 is 1.82 bits per heavy atom. The van der Waals surface area contributed by atoms with Crippen molar-refractivity contribution in [3.05, 3.63) is 0 Å². The Bertz CT molecular complexity index is 193. The Labute approximate surface area is 66.1 Å². The van der Waals surface area contributed by atoms with E-state index in [0.29, 0.717) is 12.5 Å². The quantitative estimate of drug-likeness (QED) is 0.583.